The third-order valence-electron chi connectivity index (χ3n) is 4.62. The molecule has 0 heterocycles. The van der Waals surface area contributed by atoms with E-state index in [0.29, 0.717) is 17.7 Å². The number of carbonyl (C=O) groups excluding carboxylic acids is 1. The Labute approximate surface area is 176 Å². The fourth-order valence-corrected chi connectivity index (χ4v) is 4.09. The van der Waals surface area contributed by atoms with Crippen molar-refractivity contribution in [1.29, 1.82) is 5.26 Å². The Morgan fingerprint density at radius 3 is 2.28 bits per heavy atom. The SMILES string of the molecule is CN(C)[C@@H](CNC(=O)c1ccccc1Sc1ccccc1C#N)c1ccccc1. The van der Waals surface area contributed by atoms with Crippen molar-refractivity contribution >= 4 is 17.7 Å². The Balaban J connectivity index is 1.77. The van der Waals surface area contributed by atoms with Crippen molar-refractivity contribution in [2.24, 2.45) is 0 Å². The van der Waals surface area contributed by atoms with Gasteiger partial charge < -0.3 is 10.2 Å². The third kappa shape index (κ3) is 5.26. The van der Waals surface area contributed by atoms with E-state index >= 15 is 0 Å². The summed E-state index contributed by atoms with van der Waals surface area (Å²) in [7, 11) is 4.01. The minimum atomic E-state index is -0.120. The molecule has 0 aliphatic carbocycles. The lowest BCUT2D eigenvalue weighted by Crippen LogP contribution is -2.34. The second-order valence-corrected chi connectivity index (χ2v) is 7.89. The summed E-state index contributed by atoms with van der Waals surface area (Å²) in [4.78, 5) is 16.7. The monoisotopic (exact) mass is 401 g/mol. The molecule has 0 aliphatic heterocycles. The molecular weight excluding hydrogens is 378 g/mol. The van der Waals surface area contributed by atoms with E-state index in [1.807, 2.05) is 74.8 Å². The summed E-state index contributed by atoms with van der Waals surface area (Å²) in [6.07, 6.45) is 0. The molecule has 146 valence electrons. The topological polar surface area (TPSA) is 56.1 Å². The molecule has 29 heavy (non-hydrogen) atoms. The molecule has 3 rings (SSSR count). The van der Waals surface area contributed by atoms with Crippen LogP contribution in [-0.4, -0.2) is 31.4 Å². The van der Waals surface area contributed by atoms with Gasteiger partial charge in [0.2, 0.25) is 0 Å². The van der Waals surface area contributed by atoms with Crippen LogP contribution in [0.1, 0.15) is 27.5 Å². The lowest BCUT2D eigenvalue weighted by atomic mass is 10.1. The van der Waals surface area contributed by atoms with Gasteiger partial charge in [0.15, 0.2) is 0 Å². The molecule has 1 N–H and O–H groups in total. The molecule has 0 bridgehead atoms. The molecule has 0 spiro atoms. The van der Waals surface area contributed by atoms with Crippen LogP contribution in [0.4, 0.5) is 0 Å². The highest BCUT2D eigenvalue weighted by molar-refractivity contribution is 7.99. The van der Waals surface area contributed by atoms with Crippen molar-refractivity contribution in [1.82, 2.24) is 10.2 Å². The highest BCUT2D eigenvalue weighted by atomic mass is 32.2. The van der Waals surface area contributed by atoms with Gasteiger partial charge in [-0.25, -0.2) is 0 Å². The molecule has 0 aliphatic rings. The Bertz CT molecular complexity index is 1010. The second-order valence-electron chi connectivity index (χ2n) is 6.81. The van der Waals surface area contributed by atoms with Crippen LogP contribution in [0.25, 0.3) is 0 Å². The fraction of sp³-hybridized carbons (Fsp3) is 0.167. The standard InChI is InChI=1S/C24H23N3OS/c1-27(2)21(18-10-4-3-5-11-18)17-26-24(28)20-13-7-9-15-23(20)29-22-14-8-6-12-19(22)16-25/h3-15,21H,17H2,1-2H3,(H,26,28)/t21-/m0/s1. The van der Waals surface area contributed by atoms with Gasteiger partial charge in [0.1, 0.15) is 6.07 Å². The largest absolute Gasteiger partial charge is 0.350 e. The van der Waals surface area contributed by atoms with Gasteiger partial charge in [0, 0.05) is 16.3 Å². The van der Waals surface area contributed by atoms with Crippen LogP contribution >= 0.6 is 11.8 Å². The molecule has 0 radical (unpaired) electrons. The highest BCUT2D eigenvalue weighted by Gasteiger charge is 2.18. The van der Waals surface area contributed by atoms with E-state index in [1.165, 1.54) is 11.8 Å². The van der Waals surface area contributed by atoms with Crippen LogP contribution in [0, 0.1) is 11.3 Å². The van der Waals surface area contributed by atoms with Crippen LogP contribution in [0.5, 0.6) is 0 Å². The molecule has 3 aromatic carbocycles. The van der Waals surface area contributed by atoms with Crippen LogP contribution in [0.3, 0.4) is 0 Å². The first-order valence-electron chi connectivity index (χ1n) is 9.35. The zero-order valence-corrected chi connectivity index (χ0v) is 17.3. The summed E-state index contributed by atoms with van der Waals surface area (Å²) in [5, 5.41) is 12.4. The molecule has 1 atom stereocenters. The number of benzene rings is 3. The Morgan fingerprint density at radius 1 is 0.966 bits per heavy atom. The Kier molecular flexibility index (Phi) is 7.07. The Morgan fingerprint density at radius 2 is 1.59 bits per heavy atom. The van der Waals surface area contributed by atoms with E-state index < -0.39 is 0 Å². The average Bonchev–Trinajstić information content (AvgIpc) is 2.75. The lowest BCUT2D eigenvalue weighted by molar-refractivity contribution is 0.0939. The maximum Gasteiger partial charge on any atom is 0.252 e. The van der Waals surface area contributed by atoms with Crippen LogP contribution < -0.4 is 5.32 Å². The van der Waals surface area contributed by atoms with Gasteiger partial charge in [-0.1, -0.05) is 66.4 Å². The molecule has 0 saturated carbocycles. The number of amides is 1. The second kappa shape index (κ2) is 9.92. The van der Waals surface area contributed by atoms with E-state index in [9.17, 15) is 10.1 Å². The van der Waals surface area contributed by atoms with Gasteiger partial charge in [0.25, 0.3) is 5.91 Å². The predicted molar refractivity (Wildman–Crippen MR) is 117 cm³/mol. The molecule has 0 saturated heterocycles. The Hall–Kier alpha value is -3.07. The van der Waals surface area contributed by atoms with Crippen LogP contribution in [0.2, 0.25) is 0 Å². The molecule has 1 amide bonds. The van der Waals surface area contributed by atoms with Gasteiger partial charge in [0.05, 0.1) is 17.2 Å². The van der Waals surface area contributed by atoms with E-state index in [0.717, 1.165) is 15.4 Å². The first-order chi connectivity index (χ1) is 14.1. The van der Waals surface area contributed by atoms with E-state index in [4.69, 9.17) is 0 Å². The maximum absolute atomic E-state index is 13.0. The fourth-order valence-electron chi connectivity index (χ4n) is 3.07. The van der Waals surface area contributed by atoms with Crippen molar-refractivity contribution in [3.63, 3.8) is 0 Å². The van der Waals surface area contributed by atoms with Gasteiger partial charge >= 0.3 is 0 Å². The first-order valence-corrected chi connectivity index (χ1v) is 10.2. The summed E-state index contributed by atoms with van der Waals surface area (Å²) in [5.41, 5.74) is 2.36. The number of rotatable bonds is 7. The minimum absolute atomic E-state index is 0.0827. The third-order valence-corrected chi connectivity index (χ3v) is 5.77. The molecule has 3 aromatic rings. The zero-order valence-electron chi connectivity index (χ0n) is 16.5. The number of nitrogens with zero attached hydrogens (tertiary/aromatic N) is 2. The summed E-state index contributed by atoms with van der Waals surface area (Å²) in [6, 6.07) is 27.3. The number of likely N-dealkylation sites (N-methyl/N-ethyl adjacent to an activating group) is 1. The molecule has 0 fully saturated rings. The quantitative estimate of drug-likeness (QED) is 0.621. The predicted octanol–water partition coefficient (Wildman–Crippen LogP) is 4.74. The molecular formula is C24H23N3OS. The van der Waals surface area contributed by atoms with E-state index in [-0.39, 0.29) is 11.9 Å². The summed E-state index contributed by atoms with van der Waals surface area (Å²) >= 11 is 1.44. The summed E-state index contributed by atoms with van der Waals surface area (Å²) in [6.45, 7) is 0.504. The number of nitriles is 1. The van der Waals surface area contributed by atoms with Crippen LogP contribution in [0.15, 0.2) is 88.7 Å². The number of carbonyl (C=O) groups is 1. The molecule has 0 aromatic heterocycles. The van der Waals surface area contributed by atoms with Gasteiger partial charge in [-0.05, 0) is 43.9 Å². The molecule has 4 nitrogen and oxygen atoms in total. The highest BCUT2D eigenvalue weighted by Crippen LogP contribution is 2.32. The normalized spacial score (nSPS) is 11.7. The molecule has 5 heteroatoms. The number of nitrogens with one attached hydrogen (secondary N) is 1. The lowest BCUT2D eigenvalue weighted by Gasteiger charge is -2.25. The van der Waals surface area contributed by atoms with E-state index in [2.05, 4.69) is 28.4 Å². The number of hydrogen-bond acceptors (Lipinski definition) is 4. The number of hydrogen-bond donors (Lipinski definition) is 1. The average molecular weight is 402 g/mol. The van der Waals surface area contributed by atoms with Crippen molar-refractivity contribution in [3.05, 3.63) is 95.6 Å². The van der Waals surface area contributed by atoms with Gasteiger partial charge in [-0.2, -0.15) is 5.26 Å². The smallest absolute Gasteiger partial charge is 0.252 e. The van der Waals surface area contributed by atoms with Gasteiger partial charge in [-0.3, -0.25) is 4.79 Å². The van der Waals surface area contributed by atoms with Gasteiger partial charge in [-0.15, -0.1) is 0 Å². The summed E-state index contributed by atoms with van der Waals surface area (Å²) < 4.78 is 0. The maximum atomic E-state index is 13.0. The summed E-state index contributed by atoms with van der Waals surface area (Å²) in [5.74, 6) is -0.120. The minimum Gasteiger partial charge on any atom is -0.350 e. The first kappa shape index (κ1) is 20.7. The zero-order chi connectivity index (χ0) is 20.6. The van der Waals surface area contributed by atoms with Crippen molar-refractivity contribution in [3.8, 4) is 6.07 Å². The van der Waals surface area contributed by atoms with E-state index in [1.54, 1.807) is 6.07 Å². The van der Waals surface area contributed by atoms with Crippen LogP contribution in [-0.2, 0) is 0 Å². The van der Waals surface area contributed by atoms with Crippen molar-refractivity contribution in [2.75, 3.05) is 20.6 Å². The van der Waals surface area contributed by atoms with Crippen molar-refractivity contribution < 1.29 is 4.79 Å². The molecule has 0 unspecified atom stereocenters. The van der Waals surface area contributed by atoms with Crippen molar-refractivity contribution in [2.45, 2.75) is 15.8 Å².